The van der Waals surface area contributed by atoms with Gasteiger partial charge in [-0.05, 0) is 43.4 Å². The number of alkyl halides is 3. The standard InChI is InChI=1S/C10H14F3NO/c11-10(12,13)9(15)14-5-8(6-1-2-6)7-3-4-7/h6-8H,1-5H2,(H,14,15). The number of halogens is 3. The highest BCUT2D eigenvalue weighted by Crippen LogP contribution is 2.48. The summed E-state index contributed by atoms with van der Waals surface area (Å²) in [5.41, 5.74) is 0. The Hall–Kier alpha value is -0.740. The molecule has 2 fully saturated rings. The van der Waals surface area contributed by atoms with Gasteiger partial charge in [0, 0.05) is 6.54 Å². The number of nitrogens with one attached hydrogen (secondary N) is 1. The summed E-state index contributed by atoms with van der Waals surface area (Å²) in [7, 11) is 0. The fourth-order valence-electron chi connectivity index (χ4n) is 2.08. The normalized spacial score (nSPS) is 21.9. The van der Waals surface area contributed by atoms with Crippen LogP contribution < -0.4 is 5.32 Å². The van der Waals surface area contributed by atoms with Crippen molar-refractivity contribution in [1.29, 1.82) is 0 Å². The second-order valence-electron chi connectivity index (χ2n) is 4.55. The lowest BCUT2D eigenvalue weighted by Crippen LogP contribution is -2.40. The monoisotopic (exact) mass is 221 g/mol. The van der Waals surface area contributed by atoms with Crippen molar-refractivity contribution in [2.75, 3.05) is 6.54 Å². The zero-order valence-electron chi connectivity index (χ0n) is 8.31. The van der Waals surface area contributed by atoms with Crippen LogP contribution in [-0.2, 0) is 4.79 Å². The first-order chi connectivity index (χ1) is 6.98. The summed E-state index contributed by atoms with van der Waals surface area (Å²) >= 11 is 0. The van der Waals surface area contributed by atoms with Gasteiger partial charge in [0.15, 0.2) is 0 Å². The minimum Gasteiger partial charge on any atom is -0.348 e. The van der Waals surface area contributed by atoms with Crippen LogP contribution in [0.15, 0.2) is 0 Å². The summed E-state index contributed by atoms with van der Waals surface area (Å²) in [6.07, 6.45) is -0.282. The number of carbonyl (C=O) groups is 1. The van der Waals surface area contributed by atoms with E-state index in [2.05, 4.69) is 0 Å². The lowest BCUT2D eigenvalue weighted by molar-refractivity contribution is -0.173. The van der Waals surface area contributed by atoms with Gasteiger partial charge >= 0.3 is 12.1 Å². The molecule has 0 saturated heterocycles. The molecular formula is C10H14F3NO. The highest BCUT2D eigenvalue weighted by atomic mass is 19.4. The van der Waals surface area contributed by atoms with Crippen LogP contribution in [0.4, 0.5) is 13.2 Å². The molecular weight excluding hydrogens is 207 g/mol. The van der Waals surface area contributed by atoms with E-state index in [9.17, 15) is 18.0 Å². The molecule has 0 spiro atoms. The number of rotatable bonds is 4. The smallest absolute Gasteiger partial charge is 0.348 e. The molecule has 1 N–H and O–H groups in total. The molecule has 2 rings (SSSR count). The number of hydrogen-bond donors (Lipinski definition) is 1. The molecule has 86 valence electrons. The van der Waals surface area contributed by atoms with E-state index in [4.69, 9.17) is 0 Å². The number of carbonyl (C=O) groups excluding carboxylic acids is 1. The van der Waals surface area contributed by atoms with Crippen LogP contribution in [0.2, 0.25) is 0 Å². The lowest BCUT2D eigenvalue weighted by atomic mass is 9.98. The highest BCUT2D eigenvalue weighted by Gasteiger charge is 2.43. The van der Waals surface area contributed by atoms with Gasteiger partial charge in [-0.3, -0.25) is 4.79 Å². The zero-order valence-corrected chi connectivity index (χ0v) is 8.31. The molecule has 0 aromatic rings. The molecule has 0 heterocycles. The highest BCUT2D eigenvalue weighted by molar-refractivity contribution is 5.81. The second-order valence-corrected chi connectivity index (χ2v) is 4.55. The quantitative estimate of drug-likeness (QED) is 0.773. The Kier molecular flexibility index (Phi) is 2.64. The van der Waals surface area contributed by atoms with E-state index in [1.54, 1.807) is 0 Å². The van der Waals surface area contributed by atoms with Crippen molar-refractivity contribution in [2.24, 2.45) is 17.8 Å². The largest absolute Gasteiger partial charge is 0.471 e. The van der Waals surface area contributed by atoms with Crippen molar-refractivity contribution in [3.63, 3.8) is 0 Å². The van der Waals surface area contributed by atoms with E-state index in [1.807, 2.05) is 5.32 Å². The first-order valence-corrected chi connectivity index (χ1v) is 5.33. The van der Waals surface area contributed by atoms with Gasteiger partial charge in [-0.25, -0.2) is 0 Å². The number of hydrogen-bond acceptors (Lipinski definition) is 1. The van der Waals surface area contributed by atoms with Crippen molar-refractivity contribution < 1.29 is 18.0 Å². The molecule has 2 aliphatic carbocycles. The fourth-order valence-corrected chi connectivity index (χ4v) is 2.08. The van der Waals surface area contributed by atoms with Crippen LogP contribution in [0.5, 0.6) is 0 Å². The Morgan fingerprint density at radius 2 is 1.67 bits per heavy atom. The summed E-state index contributed by atoms with van der Waals surface area (Å²) in [6.45, 7) is 0.202. The lowest BCUT2D eigenvalue weighted by Gasteiger charge is -2.16. The predicted octanol–water partition coefficient (Wildman–Crippen LogP) is 2.10. The van der Waals surface area contributed by atoms with Crippen LogP contribution in [-0.4, -0.2) is 18.6 Å². The van der Waals surface area contributed by atoms with Crippen LogP contribution in [0, 0.1) is 17.8 Å². The van der Waals surface area contributed by atoms with Gasteiger partial charge in [-0.15, -0.1) is 0 Å². The van der Waals surface area contributed by atoms with Gasteiger partial charge in [0.2, 0.25) is 0 Å². The van der Waals surface area contributed by atoms with Crippen LogP contribution >= 0.6 is 0 Å². The summed E-state index contributed by atoms with van der Waals surface area (Å²) in [5, 5.41) is 2.00. The fraction of sp³-hybridized carbons (Fsp3) is 0.900. The van der Waals surface area contributed by atoms with Crippen molar-refractivity contribution >= 4 is 5.91 Å². The summed E-state index contributed by atoms with van der Waals surface area (Å²) in [5.74, 6) is -0.387. The molecule has 0 radical (unpaired) electrons. The van der Waals surface area contributed by atoms with Crippen molar-refractivity contribution in [3.05, 3.63) is 0 Å². The van der Waals surface area contributed by atoms with Crippen molar-refractivity contribution in [1.82, 2.24) is 5.32 Å². The molecule has 2 nitrogen and oxygen atoms in total. The second kappa shape index (κ2) is 3.68. The average Bonchev–Trinajstić information content (AvgIpc) is 2.98. The molecule has 0 aliphatic heterocycles. The first kappa shape index (κ1) is 10.8. The third kappa shape index (κ3) is 2.86. The molecule has 15 heavy (non-hydrogen) atoms. The molecule has 2 aliphatic rings. The summed E-state index contributed by atoms with van der Waals surface area (Å²) in [4.78, 5) is 10.6. The van der Waals surface area contributed by atoms with Gasteiger partial charge in [-0.1, -0.05) is 0 Å². The molecule has 1 amide bonds. The number of amides is 1. The topological polar surface area (TPSA) is 29.1 Å². The molecule has 2 saturated carbocycles. The van der Waals surface area contributed by atoms with Gasteiger partial charge in [0.25, 0.3) is 0 Å². The van der Waals surface area contributed by atoms with E-state index in [0.717, 1.165) is 25.7 Å². The first-order valence-electron chi connectivity index (χ1n) is 5.33. The van der Waals surface area contributed by atoms with Gasteiger partial charge < -0.3 is 5.32 Å². The predicted molar refractivity (Wildman–Crippen MR) is 48.0 cm³/mol. The molecule has 0 aromatic carbocycles. The van der Waals surface area contributed by atoms with Gasteiger partial charge in [0.1, 0.15) is 0 Å². The maximum atomic E-state index is 11.9. The Morgan fingerprint density at radius 1 is 1.20 bits per heavy atom. The average molecular weight is 221 g/mol. The molecule has 0 aromatic heterocycles. The maximum Gasteiger partial charge on any atom is 0.471 e. The van der Waals surface area contributed by atoms with Crippen molar-refractivity contribution in [3.8, 4) is 0 Å². The van der Waals surface area contributed by atoms with E-state index in [1.165, 1.54) is 0 Å². The van der Waals surface area contributed by atoms with Crippen LogP contribution in [0.3, 0.4) is 0 Å². The third-order valence-electron chi connectivity index (χ3n) is 3.21. The Balaban J connectivity index is 1.78. The van der Waals surface area contributed by atoms with Gasteiger partial charge in [-0.2, -0.15) is 13.2 Å². The molecule has 5 heteroatoms. The maximum absolute atomic E-state index is 11.9. The minimum absolute atomic E-state index is 0.202. The molecule has 0 bridgehead atoms. The molecule has 0 atom stereocenters. The zero-order chi connectivity index (χ0) is 11.1. The Morgan fingerprint density at radius 3 is 2.00 bits per heavy atom. The minimum atomic E-state index is -4.74. The molecule has 0 unspecified atom stereocenters. The van der Waals surface area contributed by atoms with E-state index >= 15 is 0 Å². The van der Waals surface area contributed by atoms with E-state index < -0.39 is 12.1 Å². The van der Waals surface area contributed by atoms with E-state index in [-0.39, 0.29) is 12.5 Å². The Bertz CT molecular complexity index is 244. The van der Waals surface area contributed by atoms with Crippen LogP contribution in [0.1, 0.15) is 25.7 Å². The summed E-state index contributed by atoms with van der Waals surface area (Å²) < 4.78 is 35.8. The van der Waals surface area contributed by atoms with Crippen LogP contribution in [0.25, 0.3) is 0 Å². The SMILES string of the molecule is O=C(NCC(C1CC1)C1CC1)C(F)(F)F. The Labute approximate surface area is 86.2 Å². The van der Waals surface area contributed by atoms with Crippen molar-refractivity contribution in [2.45, 2.75) is 31.9 Å². The van der Waals surface area contributed by atoms with Gasteiger partial charge in [0.05, 0.1) is 0 Å². The third-order valence-corrected chi connectivity index (χ3v) is 3.21. The summed E-state index contributed by atoms with van der Waals surface area (Å²) in [6, 6.07) is 0. The van der Waals surface area contributed by atoms with E-state index in [0.29, 0.717) is 11.8 Å².